The van der Waals surface area contributed by atoms with Gasteiger partial charge in [0.15, 0.2) is 0 Å². The molecule has 2 nitrogen and oxygen atoms in total. The highest BCUT2D eigenvalue weighted by atomic mass is 32.2. The molecule has 0 saturated heterocycles. The molecule has 0 aliphatic carbocycles. The molecule has 0 aliphatic heterocycles. The van der Waals surface area contributed by atoms with Gasteiger partial charge in [-0.25, -0.2) is 0 Å². The number of allylic oxidation sites excluding steroid dienone is 1. The van der Waals surface area contributed by atoms with Gasteiger partial charge in [-0.2, -0.15) is 0 Å². The van der Waals surface area contributed by atoms with E-state index in [-0.39, 0.29) is 16.9 Å². The molecular weight excluding hydrogens is 316 g/mol. The highest BCUT2D eigenvalue weighted by Crippen LogP contribution is 2.45. The van der Waals surface area contributed by atoms with Crippen LogP contribution in [0.3, 0.4) is 0 Å². The van der Waals surface area contributed by atoms with Crippen LogP contribution in [0.5, 0.6) is 11.5 Å². The monoisotopic (exact) mass is 342 g/mol. The van der Waals surface area contributed by atoms with E-state index in [9.17, 15) is 10.2 Å². The first-order valence-corrected chi connectivity index (χ1v) is 8.83. The lowest BCUT2D eigenvalue weighted by molar-refractivity contribution is 0.434. The van der Waals surface area contributed by atoms with E-state index >= 15 is 0 Å². The molecule has 0 unspecified atom stereocenters. The number of hydrogen-bond acceptors (Lipinski definition) is 3. The van der Waals surface area contributed by atoms with E-state index in [0.29, 0.717) is 0 Å². The summed E-state index contributed by atoms with van der Waals surface area (Å²) in [7, 11) is 0. The molecule has 0 spiro atoms. The molecule has 0 amide bonds. The number of hydrogen-bond donors (Lipinski definition) is 2. The Morgan fingerprint density at radius 3 is 1.92 bits per heavy atom. The molecular formula is C21H26O2S. The van der Waals surface area contributed by atoms with Crippen molar-refractivity contribution in [1.82, 2.24) is 0 Å². The van der Waals surface area contributed by atoms with Crippen LogP contribution in [0.15, 0.2) is 40.6 Å². The molecule has 0 heterocycles. The Kier molecular flexibility index (Phi) is 5.05. The van der Waals surface area contributed by atoms with Crippen LogP contribution in [0.4, 0.5) is 0 Å². The second-order valence-electron chi connectivity index (χ2n) is 7.45. The fourth-order valence-electron chi connectivity index (χ4n) is 2.66. The lowest BCUT2D eigenvalue weighted by Crippen LogP contribution is -2.12. The van der Waals surface area contributed by atoms with E-state index in [1.807, 2.05) is 45.0 Å². The van der Waals surface area contributed by atoms with Gasteiger partial charge in [-0.05, 0) is 61.1 Å². The van der Waals surface area contributed by atoms with Gasteiger partial charge in [0.25, 0.3) is 0 Å². The van der Waals surface area contributed by atoms with E-state index in [1.165, 1.54) is 11.8 Å². The van der Waals surface area contributed by atoms with Crippen molar-refractivity contribution in [3.8, 4) is 11.5 Å². The van der Waals surface area contributed by atoms with Crippen LogP contribution < -0.4 is 0 Å². The van der Waals surface area contributed by atoms with Gasteiger partial charge in [0.2, 0.25) is 0 Å². The minimum atomic E-state index is -0.150. The summed E-state index contributed by atoms with van der Waals surface area (Å²) in [5.74, 6) is 0.507. The fraction of sp³-hybridized carbons (Fsp3) is 0.333. The SMILES string of the molecule is C=C(C)c1cc(C)cc(Sc2cc(C)cc(C(C)(C)C)c2O)c1O. The van der Waals surface area contributed by atoms with Gasteiger partial charge in [0.05, 0.1) is 9.79 Å². The number of benzene rings is 2. The zero-order valence-corrected chi connectivity index (χ0v) is 16.1. The van der Waals surface area contributed by atoms with Gasteiger partial charge >= 0.3 is 0 Å². The Balaban J connectivity index is 2.57. The highest BCUT2D eigenvalue weighted by Gasteiger charge is 2.22. The summed E-state index contributed by atoms with van der Waals surface area (Å²) < 4.78 is 0. The molecule has 24 heavy (non-hydrogen) atoms. The molecule has 2 rings (SSSR count). The number of aryl methyl sites for hydroxylation is 2. The maximum Gasteiger partial charge on any atom is 0.136 e. The summed E-state index contributed by atoms with van der Waals surface area (Å²) in [6, 6.07) is 7.84. The van der Waals surface area contributed by atoms with Gasteiger partial charge in [-0.3, -0.25) is 0 Å². The average Bonchev–Trinajstić information content (AvgIpc) is 2.44. The highest BCUT2D eigenvalue weighted by molar-refractivity contribution is 7.99. The summed E-state index contributed by atoms with van der Waals surface area (Å²) >= 11 is 1.39. The molecule has 128 valence electrons. The molecule has 2 aromatic rings. The van der Waals surface area contributed by atoms with Crippen molar-refractivity contribution in [2.24, 2.45) is 0 Å². The standard InChI is InChI=1S/C21H26O2S/c1-12(2)15-8-13(3)10-17(19(15)22)24-18-11-14(4)9-16(20(18)23)21(5,6)7/h8-11,22-23H,1H2,2-7H3. The average molecular weight is 343 g/mol. The molecule has 0 bridgehead atoms. The normalized spacial score (nSPS) is 11.6. The molecule has 0 radical (unpaired) electrons. The summed E-state index contributed by atoms with van der Waals surface area (Å²) in [4.78, 5) is 1.49. The molecule has 3 heteroatoms. The van der Waals surface area contributed by atoms with Crippen molar-refractivity contribution in [1.29, 1.82) is 0 Å². The minimum Gasteiger partial charge on any atom is -0.506 e. The molecule has 0 atom stereocenters. The zero-order chi connectivity index (χ0) is 18.2. The van der Waals surface area contributed by atoms with Crippen LogP contribution in [0.2, 0.25) is 0 Å². The molecule has 0 fully saturated rings. The van der Waals surface area contributed by atoms with Crippen LogP contribution in [0, 0.1) is 13.8 Å². The predicted octanol–water partition coefficient (Wildman–Crippen LogP) is 6.20. The number of aromatic hydroxyl groups is 2. The van der Waals surface area contributed by atoms with Crippen molar-refractivity contribution < 1.29 is 10.2 Å². The second-order valence-corrected chi connectivity index (χ2v) is 8.53. The van der Waals surface area contributed by atoms with Crippen LogP contribution >= 0.6 is 11.8 Å². The minimum absolute atomic E-state index is 0.150. The molecule has 0 saturated carbocycles. The topological polar surface area (TPSA) is 40.5 Å². The van der Waals surface area contributed by atoms with Crippen molar-refractivity contribution in [2.75, 3.05) is 0 Å². The smallest absolute Gasteiger partial charge is 0.136 e. The number of rotatable bonds is 3. The van der Waals surface area contributed by atoms with E-state index in [2.05, 4.69) is 27.4 Å². The van der Waals surface area contributed by atoms with Gasteiger partial charge in [-0.15, -0.1) is 0 Å². The second kappa shape index (κ2) is 6.56. The zero-order valence-electron chi connectivity index (χ0n) is 15.3. The Morgan fingerprint density at radius 1 is 0.917 bits per heavy atom. The summed E-state index contributed by atoms with van der Waals surface area (Å²) in [6.45, 7) is 16.1. The quantitative estimate of drug-likeness (QED) is 0.698. The van der Waals surface area contributed by atoms with Gasteiger partial charge in [0.1, 0.15) is 11.5 Å². The third-order valence-electron chi connectivity index (χ3n) is 3.93. The Bertz CT molecular complexity index is 798. The van der Waals surface area contributed by atoms with Crippen molar-refractivity contribution in [3.63, 3.8) is 0 Å². The number of phenols is 2. The van der Waals surface area contributed by atoms with E-state index < -0.39 is 0 Å². The first kappa shape index (κ1) is 18.5. The first-order valence-electron chi connectivity index (χ1n) is 8.02. The van der Waals surface area contributed by atoms with Crippen LogP contribution in [-0.4, -0.2) is 10.2 Å². The van der Waals surface area contributed by atoms with E-state index in [1.54, 1.807) is 0 Å². The number of phenolic OH excluding ortho intramolecular Hbond substituents is 2. The largest absolute Gasteiger partial charge is 0.506 e. The fourth-order valence-corrected chi connectivity index (χ4v) is 3.80. The van der Waals surface area contributed by atoms with Crippen molar-refractivity contribution in [3.05, 3.63) is 53.1 Å². The Hall–Kier alpha value is -1.87. The third kappa shape index (κ3) is 3.78. The third-order valence-corrected chi connectivity index (χ3v) is 4.99. The van der Waals surface area contributed by atoms with Gasteiger partial charge in [0, 0.05) is 11.1 Å². The predicted molar refractivity (Wildman–Crippen MR) is 103 cm³/mol. The molecule has 0 aromatic heterocycles. The lowest BCUT2D eigenvalue weighted by atomic mass is 9.85. The van der Waals surface area contributed by atoms with E-state index in [0.717, 1.165) is 37.6 Å². The first-order chi connectivity index (χ1) is 11.0. The molecule has 2 N–H and O–H groups in total. The Labute approximate surface area is 149 Å². The van der Waals surface area contributed by atoms with Crippen LogP contribution in [0.25, 0.3) is 5.57 Å². The van der Waals surface area contributed by atoms with Crippen molar-refractivity contribution in [2.45, 2.75) is 56.7 Å². The lowest BCUT2D eigenvalue weighted by Gasteiger charge is -2.23. The summed E-state index contributed by atoms with van der Waals surface area (Å²) in [5.41, 5.74) is 4.48. The van der Waals surface area contributed by atoms with Crippen LogP contribution in [-0.2, 0) is 5.41 Å². The Morgan fingerprint density at radius 2 is 1.42 bits per heavy atom. The van der Waals surface area contributed by atoms with E-state index in [4.69, 9.17) is 0 Å². The van der Waals surface area contributed by atoms with Crippen molar-refractivity contribution >= 4 is 17.3 Å². The summed E-state index contributed by atoms with van der Waals surface area (Å²) in [6.07, 6.45) is 0. The maximum absolute atomic E-state index is 10.7. The molecule has 0 aliphatic rings. The van der Waals surface area contributed by atoms with Gasteiger partial charge in [-0.1, -0.05) is 45.2 Å². The molecule has 2 aromatic carbocycles. The summed E-state index contributed by atoms with van der Waals surface area (Å²) in [5, 5.41) is 21.3. The van der Waals surface area contributed by atoms with Gasteiger partial charge < -0.3 is 10.2 Å². The maximum atomic E-state index is 10.7. The van der Waals surface area contributed by atoms with Crippen LogP contribution in [0.1, 0.15) is 49.9 Å².